The van der Waals surface area contributed by atoms with Crippen LogP contribution in [0, 0.1) is 0 Å². The van der Waals surface area contributed by atoms with Gasteiger partial charge in [0.05, 0.1) is 6.61 Å². The van der Waals surface area contributed by atoms with Gasteiger partial charge in [0.25, 0.3) is 0 Å². The molecule has 0 N–H and O–H groups in total. The monoisotopic (exact) mass is 325 g/mol. The average Bonchev–Trinajstić information content (AvgIpc) is 2.89. The minimum Gasteiger partial charge on any atom is -0.493 e. The van der Waals surface area contributed by atoms with Gasteiger partial charge in [-0.1, -0.05) is 34.5 Å². The van der Waals surface area contributed by atoms with Crippen molar-refractivity contribution in [1.29, 1.82) is 0 Å². The smallest absolute Gasteiger partial charge is 0.122 e. The Bertz CT molecular complexity index is 394. The first-order valence-corrected chi connectivity index (χ1v) is 8.41. The van der Waals surface area contributed by atoms with Crippen LogP contribution in [0.2, 0.25) is 0 Å². The van der Waals surface area contributed by atoms with Crippen molar-refractivity contribution in [3.63, 3.8) is 0 Å². The van der Waals surface area contributed by atoms with Gasteiger partial charge in [-0.15, -0.1) is 0 Å². The van der Waals surface area contributed by atoms with Crippen molar-refractivity contribution < 1.29 is 4.74 Å². The molecule has 1 aliphatic rings. The molecule has 19 heavy (non-hydrogen) atoms. The van der Waals surface area contributed by atoms with Gasteiger partial charge in [0.2, 0.25) is 0 Å². The van der Waals surface area contributed by atoms with Crippen LogP contribution in [0.1, 0.15) is 30.4 Å². The van der Waals surface area contributed by atoms with Gasteiger partial charge in [-0.3, -0.25) is 0 Å². The largest absolute Gasteiger partial charge is 0.493 e. The number of alkyl halides is 1. The van der Waals surface area contributed by atoms with Crippen LogP contribution in [0.4, 0.5) is 0 Å². The SMILES string of the molecule is CN(CCCCCBr)CCc1ccc2c(c1)CCO2. The van der Waals surface area contributed by atoms with Crippen LogP contribution in [0.5, 0.6) is 5.75 Å². The van der Waals surface area contributed by atoms with Gasteiger partial charge in [0.15, 0.2) is 0 Å². The lowest BCUT2D eigenvalue weighted by Gasteiger charge is -2.16. The highest BCUT2D eigenvalue weighted by Gasteiger charge is 2.11. The lowest BCUT2D eigenvalue weighted by atomic mass is 10.1. The molecule has 0 amide bonds. The first-order chi connectivity index (χ1) is 9.29. The summed E-state index contributed by atoms with van der Waals surface area (Å²) in [5, 5.41) is 1.13. The summed E-state index contributed by atoms with van der Waals surface area (Å²) in [6.07, 6.45) is 6.14. The summed E-state index contributed by atoms with van der Waals surface area (Å²) < 4.78 is 5.54. The predicted octanol–water partition coefficient (Wildman–Crippen LogP) is 3.66. The molecule has 0 aliphatic carbocycles. The van der Waals surface area contributed by atoms with E-state index in [2.05, 4.69) is 46.1 Å². The molecule has 2 rings (SSSR count). The summed E-state index contributed by atoms with van der Waals surface area (Å²) in [4.78, 5) is 2.44. The highest BCUT2D eigenvalue weighted by Crippen LogP contribution is 2.25. The minimum absolute atomic E-state index is 0.853. The lowest BCUT2D eigenvalue weighted by Crippen LogP contribution is -2.22. The van der Waals surface area contributed by atoms with Crippen LogP contribution in [-0.2, 0) is 12.8 Å². The van der Waals surface area contributed by atoms with Crippen molar-refractivity contribution >= 4 is 15.9 Å². The summed E-state index contributed by atoms with van der Waals surface area (Å²) in [6.45, 7) is 3.21. The Labute approximate surface area is 125 Å². The predicted molar refractivity (Wildman–Crippen MR) is 84.5 cm³/mol. The molecule has 0 spiro atoms. The van der Waals surface area contributed by atoms with Gasteiger partial charge >= 0.3 is 0 Å². The molecule has 0 aromatic heterocycles. The Morgan fingerprint density at radius 1 is 1.21 bits per heavy atom. The maximum absolute atomic E-state index is 5.54. The maximum atomic E-state index is 5.54. The lowest BCUT2D eigenvalue weighted by molar-refractivity contribution is 0.329. The summed E-state index contributed by atoms with van der Waals surface area (Å²) in [5.41, 5.74) is 2.83. The highest BCUT2D eigenvalue weighted by molar-refractivity contribution is 9.09. The van der Waals surface area contributed by atoms with Gasteiger partial charge in [-0.05, 0) is 50.0 Å². The summed E-state index contributed by atoms with van der Waals surface area (Å²) in [5.74, 6) is 1.09. The zero-order chi connectivity index (χ0) is 13.5. The topological polar surface area (TPSA) is 12.5 Å². The van der Waals surface area contributed by atoms with Crippen molar-refractivity contribution in [3.05, 3.63) is 29.3 Å². The van der Waals surface area contributed by atoms with Crippen molar-refractivity contribution in [2.45, 2.75) is 32.1 Å². The fraction of sp³-hybridized carbons (Fsp3) is 0.625. The number of hydrogen-bond donors (Lipinski definition) is 0. The summed E-state index contributed by atoms with van der Waals surface area (Å²) in [7, 11) is 2.23. The Morgan fingerprint density at radius 2 is 2.11 bits per heavy atom. The molecule has 1 aliphatic heterocycles. The van der Waals surface area contributed by atoms with Crippen molar-refractivity contribution in [2.75, 3.05) is 32.1 Å². The van der Waals surface area contributed by atoms with Gasteiger partial charge in [-0.2, -0.15) is 0 Å². The Morgan fingerprint density at radius 3 is 2.95 bits per heavy atom. The van der Waals surface area contributed by atoms with E-state index in [1.807, 2.05) is 0 Å². The van der Waals surface area contributed by atoms with Crippen LogP contribution in [-0.4, -0.2) is 37.0 Å². The van der Waals surface area contributed by atoms with Crippen molar-refractivity contribution in [1.82, 2.24) is 4.90 Å². The summed E-state index contributed by atoms with van der Waals surface area (Å²) in [6, 6.07) is 6.66. The maximum Gasteiger partial charge on any atom is 0.122 e. The number of nitrogens with zero attached hydrogens (tertiary/aromatic N) is 1. The van der Waals surface area contributed by atoms with Crippen LogP contribution in [0.15, 0.2) is 18.2 Å². The molecule has 0 saturated carbocycles. The molecule has 0 saturated heterocycles. The molecule has 1 heterocycles. The molecule has 0 bridgehead atoms. The molecule has 3 heteroatoms. The number of halogens is 1. The van der Waals surface area contributed by atoms with Crippen molar-refractivity contribution in [3.8, 4) is 5.75 Å². The molecule has 2 nitrogen and oxygen atoms in total. The Balaban J connectivity index is 1.70. The molecule has 0 fully saturated rings. The van der Waals surface area contributed by atoms with E-state index >= 15 is 0 Å². The van der Waals surface area contributed by atoms with Gasteiger partial charge in [0, 0.05) is 18.3 Å². The van der Waals surface area contributed by atoms with E-state index in [0.717, 1.165) is 37.1 Å². The second-order valence-electron chi connectivity index (χ2n) is 5.34. The summed E-state index contributed by atoms with van der Waals surface area (Å²) >= 11 is 3.48. The van der Waals surface area contributed by atoms with E-state index in [4.69, 9.17) is 4.74 Å². The number of benzene rings is 1. The Hall–Kier alpha value is -0.540. The van der Waals surface area contributed by atoms with Crippen LogP contribution < -0.4 is 4.74 Å². The van der Waals surface area contributed by atoms with Crippen LogP contribution >= 0.6 is 15.9 Å². The number of fused-ring (bicyclic) bond motifs is 1. The van der Waals surface area contributed by atoms with E-state index in [0.29, 0.717) is 0 Å². The van der Waals surface area contributed by atoms with E-state index in [-0.39, 0.29) is 0 Å². The first-order valence-electron chi connectivity index (χ1n) is 7.28. The third kappa shape index (κ3) is 4.81. The quantitative estimate of drug-likeness (QED) is 0.534. The van der Waals surface area contributed by atoms with Gasteiger partial charge < -0.3 is 9.64 Å². The van der Waals surface area contributed by atoms with E-state index in [9.17, 15) is 0 Å². The molecule has 0 atom stereocenters. The van der Waals surface area contributed by atoms with Gasteiger partial charge in [-0.25, -0.2) is 0 Å². The zero-order valence-corrected chi connectivity index (χ0v) is 13.4. The molecular formula is C16H24BrNO. The fourth-order valence-electron chi connectivity index (χ4n) is 2.48. The molecular weight excluding hydrogens is 302 g/mol. The highest BCUT2D eigenvalue weighted by atomic mass is 79.9. The van der Waals surface area contributed by atoms with Crippen LogP contribution in [0.25, 0.3) is 0 Å². The van der Waals surface area contributed by atoms with Crippen molar-refractivity contribution in [2.24, 2.45) is 0 Å². The number of rotatable bonds is 8. The molecule has 1 aromatic carbocycles. The second-order valence-corrected chi connectivity index (χ2v) is 6.14. The normalized spacial score (nSPS) is 13.6. The third-order valence-electron chi connectivity index (χ3n) is 3.71. The molecule has 1 aromatic rings. The molecule has 106 valence electrons. The Kier molecular flexibility index (Phi) is 6.18. The number of likely N-dealkylation sites (N-methyl/N-ethyl adjacent to an activating group) is 1. The minimum atomic E-state index is 0.853. The number of unbranched alkanes of at least 4 members (excludes halogenated alkanes) is 2. The van der Waals surface area contributed by atoms with E-state index < -0.39 is 0 Å². The fourth-order valence-corrected chi connectivity index (χ4v) is 2.88. The van der Waals surface area contributed by atoms with Crippen LogP contribution in [0.3, 0.4) is 0 Å². The number of hydrogen-bond acceptors (Lipinski definition) is 2. The molecule has 0 radical (unpaired) electrons. The second kappa shape index (κ2) is 7.91. The first kappa shape index (κ1) is 14.9. The average molecular weight is 326 g/mol. The van der Waals surface area contributed by atoms with E-state index in [1.54, 1.807) is 0 Å². The van der Waals surface area contributed by atoms with Gasteiger partial charge in [0.1, 0.15) is 5.75 Å². The molecule has 0 unspecified atom stereocenters. The van der Waals surface area contributed by atoms with E-state index in [1.165, 1.54) is 36.9 Å². The standard InChI is InChI=1S/C16H24BrNO/c1-18(10-4-2-3-9-17)11-7-14-5-6-16-15(13-14)8-12-19-16/h5-6,13H,2-4,7-12H2,1H3. The zero-order valence-electron chi connectivity index (χ0n) is 11.8. The number of ether oxygens (including phenoxy) is 1. The third-order valence-corrected chi connectivity index (χ3v) is 4.27.